The average molecular weight is 420 g/mol. The Morgan fingerprint density at radius 1 is 1.26 bits per heavy atom. The van der Waals surface area contributed by atoms with Crippen LogP contribution in [0.25, 0.3) is 0 Å². The number of hydrogen-bond donors (Lipinski definition) is 4. The predicted molar refractivity (Wildman–Crippen MR) is 116 cm³/mol. The number of benzene rings is 2. The van der Waals surface area contributed by atoms with Crippen molar-refractivity contribution < 1.29 is 14.3 Å². The van der Waals surface area contributed by atoms with Crippen molar-refractivity contribution in [3.63, 3.8) is 0 Å². The average Bonchev–Trinajstić information content (AvgIpc) is 3.53. The van der Waals surface area contributed by atoms with Crippen LogP contribution in [0, 0.1) is 11.2 Å². The molecule has 0 atom stereocenters. The Balaban J connectivity index is 1.62. The van der Waals surface area contributed by atoms with Gasteiger partial charge in [-0.2, -0.15) is 0 Å². The normalized spacial score (nSPS) is 14.0. The van der Waals surface area contributed by atoms with Crippen LogP contribution in [0.2, 0.25) is 0 Å². The molecule has 0 saturated heterocycles. The molecule has 5 N–H and O–H groups in total. The van der Waals surface area contributed by atoms with Gasteiger partial charge in [-0.25, -0.2) is 14.4 Å². The minimum absolute atomic E-state index is 0.0537. The number of para-hydroxylation sites is 1. The summed E-state index contributed by atoms with van der Waals surface area (Å²) in [6.07, 6.45) is 3.69. The molecule has 0 bridgehead atoms. The van der Waals surface area contributed by atoms with E-state index in [0.29, 0.717) is 12.4 Å². The lowest BCUT2D eigenvalue weighted by atomic mass is 10.0. The van der Waals surface area contributed by atoms with Gasteiger partial charge in [0.1, 0.15) is 18.0 Å². The van der Waals surface area contributed by atoms with E-state index in [9.17, 15) is 14.3 Å². The highest BCUT2D eigenvalue weighted by Gasteiger charge is 2.45. The number of phenolic OH excluding ortho intramolecular Hbond substituents is 1. The van der Waals surface area contributed by atoms with Crippen LogP contribution in [0.4, 0.5) is 21.7 Å². The number of carbonyl (C=O) groups excluding carboxylic acids is 1. The maximum atomic E-state index is 13.4. The maximum Gasteiger partial charge on any atom is 0.214 e. The van der Waals surface area contributed by atoms with Gasteiger partial charge in [0.25, 0.3) is 0 Å². The van der Waals surface area contributed by atoms with Crippen LogP contribution in [0.1, 0.15) is 24.0 Å². The van der Waals surface area contributed by atoms with E-state index in [1.165, 1.54) is 12.4 Å². The van der Waals surface area contributed by atoms with Gasteiger partial charge in [0.2, 0.25) is 6.41 Å². The molecule has 1 heterocycles. The van der Waals surface area contributed by atoms with Gasteiger partial charge in [0.15, 0.2) is 11.6 Å². The smallest absolute Gasteiger partial charge is 0.214 e. The second-order valence-electron chi connectivity index (χ2n) is 7.50. The van der Waals surface area contributed by atoms with Gasteiger partial charge in [-0.05, 0) is 43.2 Å². The molecule has 158 valence electrons. The standard InChI is InChI=1S/C22H21FN6O2/c23-16-7-6-14(10-17(16)31)19(24)18-20(25)26-12-27-21(18)28-22(8-9-22)11-29(13-30)15-4-2-1-3-5-15/h1-7,10,12-13,24,31H,8-9,11H2,(H3,25,26,27,28). The maximum absolute atomic E-state index is 13.4. The fourth-order valence-corrected chi connectivity index (χ4v) is 3.41. The molecular formula is C22H21FN6O2. The molecule has 9 heteroatoms. The van der Waals surface area contributed by atoms with E-state index in [-0.39, 0.29) is 22.7 Å². The number of aromatic hydroxyl groups is 1. The summed E-state index contributed by atoms with van der Waals surface area (Å²) >= 11 is 0. The molecule has 1 aliphatic carbocycles. The van der Waals surface area contributed by atoms with Crippen LogP contribution < -0.4 is 16.0 Å². The highest BCUT2D eigenvalue weighted by atomic mass is 19.1. The molecule has 2 aromatic carbocycles. The van der Waals surface area contributed by atoms with Crippen LogP contribution in [0.5, 0.6) is 5.75 Å². The number of nitrogen functional groups attached to an aromatic ring is 1. The lowest BCUT2D eigenvalue weighted by molar-refractivity contribution is -0.107. The second kappa shape index (κ2) is 8.02. The van der Waals surface area contributed by atoms with E-state index in [4.69, 9.17) is 11.1 Å². The number of anilines is 3. The minimum Gasteiger partial charge on any atom is -0.505 e. The Hall–Kier alpha value is -4.01. The molecule has 0 aliphatic heterocycles. The zero-order valence-electron chi connectivity index (χ0n) is 16.5. The quantitative estimate of drug-likeness (QED) is 0.328. The summed E-state index contributed by atoms with van der Waals surface area (Å²) in [5, 5.41) is 21.6. The van der Waals surface area contributed by atoms with Gasteiger partial charge in [-0.15, -0.1) is 0 Å². The molecule has 1 saturated carbocycles. The topological polar surface area (TPSA) is 128 Å². The predicted octanol–water partition coefficient (Wildman–Crippen LogP) is 2.93. The molecule has 31 heavy (non-hydrogen) atoms. The van der Waals surface area contributed by atoms with E-state index >= 15 is 0 Å². The fourth-order valence-electron chi connectivity index (χ4n) is 3.41. The van der Waals surface area contributed by atoms with Gasteiger partial charge in [-0.3, -0.25) is 10.2 Å². The minimum atomic E-state index is -0.779. The van der Waals surface area contributed by atoms with Crippen molar-refractivity contribution in [2.75, 3.05) is 22.5 Å². The fraction of sp³-hybridized carbons (Fsp3) is 0.182. The first-order valence-electron chi connectivity index (χ1n) is 9.66. The number of hydrogen-bond acceptors (Lipinski definition) is 7. The number of rotatable bonds is 8. The van der Waals surface area contributed by atoms with Gasteiger partial charge >= 0.3 is 0 Å². The number of carbonyl (C=O) groups is 1. The number of aromatic nitrogens is 2. The molecular weight excluding hydrogens is 399 g/mol. The van der Waals surface area contributed by atoms with Crippen LogP contribution in [-0.4, -0.2) is 39.3 Å². The molecule has 1 aliphatic rings. The number of nitrogens with one attached hydrogen (secondary N) is 2. The van der Waals surface area contributed by atoms with E-state index in [1.54, 1.807) is 4.90 Å². The molecule has 0 spiro atoms. The van der Waals surface area contributed by atoms with Crippen LogP contribution in [0.15, 0.2) is 54.9 Å². The van der Waals surface area contributed by atoms with Gasteiger partial charge in [-0.1, -0.05) is 18.2 Å². The highest BCUT2D eigenvalue weighted by molar-refractivity contribution is 6.16. The zero-order chi connectivity index (χ0) is 22.0. The van der Waals surface area contributed by atoms with Gasteiger partial charge in [0.05, 0.1) is 16.8 Å². The van der Waals surface area contributed by atoms with E-state index in [1.807, 2.05) is 30.3 Å². The van der Waals surface area contributed by atoms with Crippen molar-refractivity contribution in [3.05, 3.63) is 71.8 Å². The van der Waals surface area contributed by atoms with Crippen molar-refractivity contribution in [1.29, 1.82) is 5.41 Å². The third-order valence-electron chi connectivity index (χ3n) is 5.29. The zero-order valence-corrected chi connectivity index (χ0v) is 16.5. The molecule has 1 aromatic heterocycles. The SMILES string of the molecule is N=C(c1ccc(F)c(O)c1)c1c(N)ncnc1NC1(CN(C=O)c2ccccc2)CC1. The third kappa shape index (κ3) is 4.16. The summed E-state index contributed by atoms with van der Waals surface area (Å²) in [7, 11) is 0. The van der Waals surface area contributed by atoms with Crippen LogP contribution in [0.3, 0.4) is 0 Å². The first-order chi connectivity index (χ1) is 14.9. The number of phenols is 1. The second-order valence-corrected chi connectivity index (χ2v) is 7.50. The molecule has 0 radical (unpaired) electrons. The van der Waals surface area contributed by atoms with E-state index in [0.717, 1.165) is 37.1 Å². The van der Waals surface area contributed by atoms with Gasteiger partial charge in [0, 0.05) is 17.8 Å². The lowest BCUT2D eigenvalue weighted by Gasteiger charge is -2.26. The van der Waals surface area contributed by atoms with Crippen molar-refractivity contribution in [1.82, 2.24) is 9.97 Å². The van der Waals surface area contributed by atoms with Crippen molar-refractivity contribution >= 4 is 29.4 Å². The molecule has 1 amide bonds. The number of nitrogens with two attached hydrogens (primary N) is 1. The van der Waals surface area contributed by atoms with Crippen LogP contribution in [-0.2, 0) is 4.79 Å². The summed E-state index contributed by atoms with van der Waals surface area (Å²) < 4.78 is 13.4. The van der Waals surface area contributed by atoms with Crippen molar-refractivity contribution in [3.8, 4) is 5.75 Å². The highest BCUT2D eigenvalue weighted by Crippen LogP contribution is 2.41. The summed E-state index contributed by atoms with van der Waals surface area (Å²) in [5.41, 5.74) is 6.88. The number of amides is 1. The first-order valence-corrected chi connectivity index (χ1v) is 9.66. The van der Waals surface area contributed by atoms with Crippen molar-refractivity contribution in [2.24, 2.45) is 0 Å². The lowest BCUT2D eigenvalue weighted by Crippen LogP contribution is -2.38. The molecule has 0 unspecified atom stereocenters. The Morgan fingerprint density at radius 2 is 2.00 bits per heavy atom. The molecule has 8 nitrogen and oxygen atoms in total. The monoisotopic (exact) mass is 420 g/mol. The van der Waals surface area contributed by atoms with Gasteiger partial charge < -0.3 is 21.1 Å². The number of nitrogens with zero attached hydrogens (tertiary/aromatic N) is 3. The first kappa shape index (κ1) is 20.3. The Bertz CT molecular complexity index is 1130. The summed E-state index contributed by atoms with van der Waals surface area (Å²) in [6, 6.07) is 12.9. The Morgan fingerprint density at radius 3 is 2.65 bits per heavy atom. The number of halogens is 1. The Labute approximate surface area is 178 Å². The van der Waals surface area contributed by atoms with Crippen LogP contribution >= 0.6 is 0 Å². The van der Waals surface area contributed by atoms with E-state index < -0.39 is 17.1 Å². The molecule has 4 rings (SSSR count). The third-order valence-corrected chi connectivity index (χ3v) is 5.29. The largest absolute Gasteiger partial charge is 0.505 e. The summed E-state index contributed by atoms with van der Waals surface area (Å²) in [6.45, 7) is 0.411. The summed E-state index contributed by atoms with van der Waals surface area (Å²) in [4.78, 5) is 21.6. The van der Waals surface area contributed by atoms with E-state index in [2.05, 4.69) is 15.3 Å². The molecule has 1 fully saturated rings. The molecule has 3 aromatic rings. The summed E-state index contributed by atoms with van der Waals surface area (Å²) in [5.74, 6) is -0.913. The van der Waals surface area contributed by atoms with Crippen molar-refractivity contribution in [2.45, 2.75) is 18.4 Å². The Kier molecular flexibility index (Phi) is 5.24.